The molecule has 2 heteroatoms. The van der Waals surface area contributed by atoms with Crippen LogP contribution in [0.3, 0.4) is 0 Å². The Morgan fingerprint density at radius 1 is 0.533 bits per heavy atom. The number of nitrogens with zero attached hydrogens (tertiary/aromatic N) is 1. The third kappa shape index (κ3) is 2.03. The molecule has 0 saturated carbocycles. The number of rotatable bonds is 1. The van der Waals surface area contributed by atoms with Crippen LogP contribution in [-0.4, -0.2) is 9.55 Å². The summed E-state index contributed by atoms with van der Waals surface area (Å²) in [6, 6.07) is 37.0. The van der Waals surface area contributed by atoms with E-state index in [-0.39, 0.29) is 0 Å². The van der Waals surface area contributed by atoms with E-state index in [2.05, 4.69) is 113 Å². The van der Waals surface area contributed by atoms with Crippen molar-refractivity contribution in [2.75, 3.05) is 0 Å². The van der Waals surface area contributed by atoms with Gasteiger partial charge in [-0.3, -0.25) is 0 Å². The number of aromatic amines is 1. The van der Waals surface area contributed by atoms with Gasteiger partial charge in [0.15, 0.2) is 0 Å². The van der Waals surface area contributed by atoms with Crippen LogP contribution in [0.1, 0.15) is 0 Å². The molecule has 0 saturated heterocycles. The summed E-state index contributed by atoms with van der Waals surface area (Å²) in [5.41, 5.74) is 6.04. The number of benzene rings is 5. The molecule has 1 N–H and O–H groups in total. The second-order valence-electron chi connectivity index (χ2n) is 7.94. The van der Waals surface area contributed by atoms with Gasteiger partial charge in [-0.1, -0.05) is 66.7 Å². The van der Waals surface area contributed by atoms with Crippen molar-refractivity contribution in [2.45, 2.75) is 0 Å². The van der Waals surface area contributed by atoms with Gasteiger partial charge in [0.05, 0.1) is 16.6 Å². The third-order valence-corrected chi connectivity index (χ3v) is 6.29. The number of aromatic nitrogens is 2. The summed E-state index contributed by atoms with van der Waals surface area (Å²) in [7, 11) is 0. The van der Waals surface area contributed by atoms with Crippen LogP contribution in [0.4, 0.5) is 0 Å². The van der Waals surface area contributed by atoms with Crippen LogP contribution in [0.5, 0.6) is 0 Å². The lowest BCUT2D eigenvalue weighted by Crippen LogP contribution is -1.92. The van der Waals surface area contributed by atoms with E-state index in [0.29, 0.717) is 0 Å². The fraction of sp³-hybridized carbons (Fsp3) is 0. The molecule has 30 heavy (non-hydrogen) atoms. The van der Waals surface area contributed by atoms with E-state index in [0.717, 1.165) is 0 Å². The van der Waals surface area contributed by atoms with Gasteiger partial charge in [0, 0.05) is 32.7 Å². The Morgan fingerprint density at radius 3 is 2.13 bits per heavy atom. The summed E-state index contributed by atoms with van der Waals surface area (Å²) in [4.78, 5) is 3.76. The maximum Gasteiger partial charge on any atom is 0.0566 e. The summed E-state index contributed by atoms with van der Waals surface area (Å²) in [6.07, 6.45) is 0. The minimum absolute atomic E-state index is 1.19. The number of hydrogen-bond donors (Lipinski definition) is 1. The molecular weight excluding hydrogens is 364 g/mol. The first kappa shape index (κ1) is 15.8. The molecule has 0 spiro atoms. The molecule has 0 atom stereocenters. The van der Waals surface area contributed by atoms with Crippen molar-refractivity contribution in [1.29, 1.82) is 0 Å². The van der Waals surface area contributed by atoms with Crippen LogP contribution in [0.15, 0.2) is 103 Å². The summed E-state index contributed by atoms with van der Waals surface area (Å²) in [5.74, 6) is 0. The zero-order chi connectivity index (χ0) is 19.7. The highest BCUT2D eigenvalue weighted by Crippen LogP contribution is 2.39. The maximum atomic E-state index is 3.76. The molecule has 0 unspecified atom stereocenters. The zero-order valence-corrected chi connectivity index (χ0v) is 16.3. The first-order chi connectivity index (χ1) is 14.9. The second-order valence-corrected chi connectivity index (χ2v) is 7.94. The first-order valence-corrected chi connectivity index (χ1v) is 10.3. The van der Waals surface area contributed by atoms with E-state index in [4.69, 9.17) is 0 Å². The zero-order valence-electron chi connectivity index (χ0n) is 16.3. The minimum Gasteiger partial charge on any atom is -0.354 e. The van der Waals surface area contributed by atoms with Gasteiger partial charge in [-0.05, 0) is 47.2 Å². The smallest absolute Gasteiger partial charge is 0.0566 e. The Balaban J connectivity index is 1.70. The molecule has 0 aliphatic heterocycles. The fourth-order valence-electron chi connectivity index (χ4n) is 4.97. The highest BCUT2D eigenvalue weighted by molar-refractivity contribution is 6.26. The van der Waals surface area contributed by atoms with E-state index in [1.165, 1.54) is 60.1 Å². The van der Waals surface area contributed by atoms with E-state index in [9.17, 15) is 0 Å². The van der Waals surface area contributed by atoms with Gasteiger partial charge in [0.2, 0.25) is 0 Å². The van der Waals surface area contributed by atoms with Crippen molar-refractivity contribution >= 4 is 54.4 Å². The van der Waals surface area contributed by atoms with Gasteiger partial charge in [-0.15, -0.1) is 0 Å². The maximum absolute atomic E-state index is 3.76. The van der Waals surface area contributed by atoms with Gasteiger partial charge in [0.25, 0.3) is 0 Å². The number of fused-ring (bicyclic) bond motifs is 8. The average Bonchev–Trinajstić information content (AvgIpc) is 3.33. The first-order valence-electron chi connectivity index (χ1n) is 10.3. The molecule has 7 rings (SSSR count). The predicted octanol–water partition coefficient (Wildman–Crippen LogP) is 7.57. The number of hydrogen-bond acceptors (Lipinski definition) is 0. The molecule has 2 aromatic heterocycles. The van der Waals surface area contributed by atoms with Crippen molar-refractivity contribution in [2.24, 2.45) is 0 Å². The molecule has 0 aliphatic rings. The Labute approximate surface area is 173 Å². The van der Waals surface area contributed by atoms with Crippen molar-refractivity contribution in [3.8, 4) is 5.69 Å². The van der Waals surface area contributed by atoms with Crippen molar-refractivity contribution in [3.63, 3.8) is 0 Å². The van der Waals surface area contributed by atoms with Crippen LogP contribution in [0, 0.1) is 0 Å². The lowest BCUT2D eigenvalue weighted by Gasteiger charge is -2.07. The molecule has 0 aliphatic carbocycles. The number of H-pyrrole nitrogens is 1. The van der Waals surface area contributed by atoms with Crippen molar-refractivity contribution in [3.05, 3.63) is 103 Å². The Hall–Kier alpha value is -4.04. The molecule has 0 amide bonds. The third-order valence-electron chi connectivity index (χ3n) is 6.29. The van der Waals surface area contributed by atoms with Gasteiger partial charge >= 0.3 is 0 Å². The summed E-state index contributed by atoms with van der Waals surface area (Å²) < 4.78 is 2.37. The largest absolute Gasteiger partial charge is 0.354 e. The van der Waals surface area contributed by atoms with Gasteiger partial charge in [-0.2, -0.15) is 0 Å². The van der Waals surface area contributed by atoms with Crippen LogP contribution in [0.25, 0.3) is 60.1 Å². The molecule has 0 radical (unpaired) electrons. The quantitative estimate of drug-likeness (QED) is 0.302. The fourth-order valence-corrected chi connectivity index (χ4v) is 4.97. The standard InChI is InChI=1S/C28H18N2/c1-2-10-20(11-3-1)30-25-13-7-6-12-22(25)27-26(30)15-14-21-23-16-18-8-4-5-9-19(18)17-24(23)29-28(21)27/h1-17,29H. The van der Waals surface area contributed by atoms with E-state index < -0.39 is 0 Å². The average molecular weight is 382 g/mol. The molecule has 2 nitrogen and oxygen atoms in total. The molecule has 140 valence electrons. The van der Waals surface area contributed by atoms with Crippen molar-refractivity contribution < 1.29 is 0 Å². The Kier molecular flexibility index (Phi) is 3.03. The molecule has 2 heterocycles. The lowest BCUT2D eigenvalue weighted by molar-refractivity contribution is 1.18. The van der Waals surface area contributed by atoms with Crippen LogP contribution in [0.2, 0.25) is 0 Å². The summed E-state index contributed by atoms with van der Waals surface area (Å²) >= 11 is 0. The van der Waals surface area contributed by atoms with Gasteiger partial charge in [0.1, 0.15) is 0 Å². The summed E-state index contributed by atoms with van der Waals surface area (Å²) in [5, 5.41) is 7.66. The van der Waals surface area contributed by atoms with Crippen LogP contribution in [-0.2, 0) is 0 Å². The van der Waals surface area contributed by atoms with Crippen LogP contribution >= 0.6 is 0 Å². The molecule has 7 aromatic rings. The molecule has 5 aromatic carbocycles. The Morgan fingerprint density at radius 2 is 1.27 bits per heavy atom. The number of nitrogens with one attached hydrogen (secondary N) is 1. The number of para-hydroxylation sites is 2. The van der Waals surface area contributed by atoms with E-state index in [1.54, 1.807) is 0 Å². The van der Waals surface area contributed by atoms with Gasteiger partial charge < -0.3 is 9.55 Å². The predicted molar refractivity (Wildman–Crippen MR) is 128 cm³/mol. The second kappa shape index (κ2) is 5.74. The molecule has 0 bridgehead atoms. The molecular formula is C28H18N2. The molecule has 0 fully saturated rings. The Bertz CT molecular complexity index is 1730. The highest BCUT2D eigenvalue weighted by Gasteiger charge is 2.16. The lowest BCUT2D eigenvalue weighted by atomic mass is 10.0. The minimum atomic E-state index is 1.19. The monoisotopic (exact) mass is 382 g/mol. The topological polar surface area (TPSA) is 20.7 Å². The van der Waals surface area contributed by atoms with Gasteiger partial charge in [-0.25, -0.2) is 0 Å². The van der Waals surface area contributed by atoms with E-state index in [1.807, 2.05) is 0 Å². The highest BCUT2D eigenvalue weighted by atomic mass is 15.0. The normalized spacial score (nSPS) is 12.0. The van der Waals surface area contributed by atoms with Crippen molar-refractivity contribution in [1.82, 2.24) is 9.55 Å². The van der Waals surface area contributed by atoms with E-state index >= 15 is 0 Å². The van der Waals surface area contributed by atoms with Crippen LogP contribution < -0.4 is 0 Å². The SMILES string of the molecule is c1ccc(-n2c3ccccc3c3c4[nH]c5cc6ccccc6cc5c4ccc32)cc1. The summed E-state index contributed by atoms with van der Waals surface area (Å²) in [6.45, 7) is 0.